The van der Waals surface area contributed by atoms with E-state index in [4.69, 9.17) is 5.26 Å². The standard InChI is InChI=1S/C19H17N5O3/c20-10-5-11-23-17-9-4-2-7-15(17)22-18(23)12-19(25)21-13-14-6-1-3-8-16(14)24(26)27/h1-4,6-9H,5,11-13H2,(H,21,25). The van der Waals surface area contributed by atoms with Crippen molar-refractivity contribution in [3.05, 3.63) is 70.0 Å². The van der Waals surface area contributed by atoms with Crippen LogP contribution in [0.2, 0.25) is 0 Å². The second kappa shape index (κ2) is 8.10. The maximum atomic E-state index is 12.4. The number of nitriles is 1. The van der Waals surface area contributed by atoms with Crippen LogP contribution in [0.3, 0.4) is 0 Å². The first kappa shape index (κ1) is 18.1. The summed E-state index contributed by atoms with van der Waals surface area (Å²) in [6.45, 7) is 0.512. The Hall–Kier alpha value is -3.73. The number of aromatic nitrogens is 2. The number of nitrogens with one attached hydrogen (secondary N) is 1. The Labute approximate surface area is 155 Å². The monoisotopic (exact) mass is 363 g/mol. The van der Waals surface area contributed by atoms with Gasteiger partial charge < -0.3 is 9.88 Å². The number of nitro benzene ring substituents is 1. The van der Waals surface area contributed by atoms with Gasteiger partial charge in [0.2, 0.25) is 5.91 Å². The molecule has 2 aromatic carbocycles. The molecule has 8 heteroatoms. The zero-order valence-corrected chi connectivity index (χ0v) is 14.5. The minimum atomic E-state index is -0.469. The molecule has 1 amide bonds. The van der Waals surface area contributed by atoms with Crippen LogP contribution in [0.1, 0.15) is 17.8 Å². The van der Waals surface area contributed by atoms with Crippen LogP contribution >= 0.6 is 0 Å². The van der Waals surface area contributed by atoms with Crippen molar-refractivity contribution < 1.29 is 9.72 Å². The molecule has 0 spiro atoms. The molecule has 1 heterocycles. The second-order valence-electron chi connectivity index (χ2n) is 5.92. The van der Waals surface area contributed by atoms with Crippen molar-refractivity contribution in [3.8, 4) is 6.07 Å². The van der Waals surface area contributed by atoms with Crippen LogP contribution in [0.5, 0.6) is 0 Å². The first-order valence-corrected chi connectivity index (χ1v) is 8.40. The fraction of sp³-hybridized carbons (Fsp3) is 0.211. The second-order valence-corrected chi connectivity index (χ2v) is 5.92. The van der Waals surface area contributed by atoms with Gasteiger partial charge in [-0.25, -0.2) is 4.98 Å². The van der Waals surface area contributed by atoms with Gasteiger partial charge in [0, 0.05) is 24.7 Å². The Kier molecular flexibility index (Phi) is 5.42. The van der Waals surface area contributed by atoms with Gasteiger partial charge in [-0.15, -0.1) is 0 Å². The molecule has 0 bridgehead atoms. The molecule has 27 heavy (non-hydrogen) atoms. The summed E-state index contributed by atoms with van der Waals surface area (Å²) in [5.41, 5.74) is 2.04. The van der Waals surface area contributed by atoms with Crippen LogP contribution in [0.25, 0.3) is 11.0 Å². The normalized spacial score (nSPS) is 10.5. The largest absolute Gasteiger partial charge is 0.351 e. The molecule has 0 radical (unpaired) electrons. The number of aryl methyl sites for hydroxylation is 1. The fourth-order valence-corrected chi connectivity index (χ4v) is 2.91. The summed E-state index contributed by atoms with van der Waals surface area (Å²) in [6, 6.07) is 15.9. The molecular formula is C19H17N5O3. The van der Waals surface area contributed by atoms with Gasteiger partial charge in [-0.1, -0.05) is 30.3 Å². The molecule has 3 aromatic rings. The molecule has 0 aliphatic rings. The smallest absolute Gasteiger partial charge is 0.274 e. The van der Waals surface area contributed by atoms with Crippen molar-refractivity contribution in [2.75, 3.05) is 0 Å². The van der Waals surface area contributed by atoms with Crippen LogP contribution in [0, 0.1) is 21.4 Å². The Morgan fingerprint density at radius 3 is 2.74 bits per heavy atom. The molecule has 0 saturated heterocycles. The average molecular weight is 363 g/mol. The lowest BCUT2D eigenvalue weighted by molar-refractivity contribution is -0.385. The SMILES string of the molecule is N#CCCn1c(CC(=O)NCc2ccccc2[N+](=O)[O-])nc2ccccc21. The highest BCUT2D eigenvalue weighted by molar-refractivity contribution is 5.81. The molecule has 0 aliphatic carbocycles. The van der Waals surface area contributed by atoms with E-state index in [0.717, 1.165) is 11.0 Å². The number of nitrogens with zero attached hydrogens (tertiary/aromatic N) is 4. The van der Waals surface area contributed by atoms with Crippen LogP contribution < -0.4 is 5.32 Å². The Balaban J connectivity index is 1.75. The minimum absolute atomic E-state index is 0.0285. The molecule has 1 N–H and O–H groups in total. The Morgan fingerprint density at radius 2 is 1.96 bits per heavy atom. The quantitative estimate of drug-likeness (QED) is 0.512. The molecule has 0 aliphatic heterocycles. The Morgan fingerprint density at radius 1 is 1.22 bits per heavy atom. The van der Waals surface area contributed by atoms with Crippen LogP contribution in [-0.4, -0.2) is 20.4 Å². The van der Waals surface area contributed by atoms with E-state index in [1.807, 2.05) is 28.8 Å². The molecule has 0 fully saturated rings. The fourth-order valence-electron chi connectivity index (χ4n) is 2.91. The van der Waals surface area contributed by atoms with Gasteiger partial charge in [0.25, 0.3) is 5.69 Å². The molecule has 0 unspecified atom stereocenters. The van der Waals surface area contributed by atoms with Gasteiger partial charge in [-0.05, 0) is 12.1 Å². The van der Waals surface area contributed by atoms with E-state index in [1.165, 1.54) is 6.07 Å². The van der Waals surface area contributed by atoms with Crippen molar-refractivity contribution in [1.82, 2.24) is 14.9 Å². The van der Waals surface area contributed by atoms with Crippen molar-refractivity contribution in [2.45, 2.75) is 25.9 Å². The molecule has 8 nitrogen and oxygen atoms in total. The third-order valence-corrected chi connectivity index (χ3v) is 4.16. The molecule has 0 saturated carbocycles. The van der Waals surface area contributed by atoms with Crippen molar-refractivity contribution in [1.29, 1.82) is 5.26 Å². The number of para-hydroxylation sites is 3. The maximum absolute atomic E-state index is 12.4. The predicted molar refractivity (Wildman–Crippen MR) is 98.6 cm³/mol. The number of benzene rings is 2. The summed E-state index contributed by atoms with van der Waals surface area (Å²) in [4.78, 5) is 27.4. The van der Waals surface area contributed by atoms with Crippen LogP contribution in [0.4, 0.5) is 5.69 Å². The number of hydrogen-bond donors (Lipinski definition) is 1. The summed E-state index contributed by atoms with van der Waals surface area (Å²) in [5.74, 6) is 0.271. The van der Waals surface area contributed by atoms with E-state index in [2.05, 4.69) is 16.4 Å². The summed E-state index contributed by atoms with van der Waals surface area (Å²) >= 11 is 0. The van der Waals surface area contributed by atoms with Gasteiger partial charge in [-0.2, -0.15) is 5.26 Å². The molecular weight excluding hydrogens is 346 g/mol. The van der Waals surface area contributed by atoms with Gasteiger partial charge in [0.1, 0.15) is 5.82 Å². The molecule has 1 aromatic heterocycles. The van der Waals surface area contributed by atoms with Crippen LogP contribution in [-0.2, 0) is 24.3 Å². The topological polar surface area (TPSA) is 114 Å². The van der Waals surface area contributed by atoms with Crippen molar-refractivity contribution in [2.24, 2.45) is 0 Å². The van der Waals surface area contributed by atoms with Gasteiger partial charge in [0.15, 0.2) is 0 Å². The zero-order chi connectivity index (χ0) is 19.2. The zero-order valence-electron chi connectivity index (χ0n) is 14.5. The van der Waals surface area contributed by atoms with E-state index in [9.17, 15) is 14.9 Å². The Bertz CT molecular complexity index is 1040. The number of fused-ring (bicyclic) bond motifs is 1. The highest BCUT2D eigenvalue weighted by Gasteiger charge is 2.16. The number of carbonyl (C=O) groups is 1. The summed E-state index contributed by atoms with van der Waals surface area (Å²) in [5, 5.41) is 22.6. The number of carbonyl (C=O) groups excluding carboxylic acids is 1. The van der Waals surface area contributed by atoms with Gasteiger partial charge >= 0.3 is 0 Å². The number of nitro groups is 1. The van der Waals surface area contributed by atoms with Gasteiger partial charge in [0.05, 0.1) is 34.9 Å². The van der Waals surface area contributed by atoms with Crippen LogP contribution in [0.15, 0.2) is 48.5 Å². The summed E-state index contributed by atoms with van der Waals surface area (Å²) < 4.78 is 1.86. The summed E-state index contributed by atoms with van der Waals surface area (Å²) in [6.07, 6.45) is 0.339. The first-order valence-electron chi connectivity index (χ1n) is 8.40. The maximum Gasteiger partial charge on any atom is 0.274 e. The lowest BCUT2D eigenvalue weighted by Gasteiger charge is -2.08. The number of hydrogen-bond acceptors (Lipinski definition) is 5. The number of amides is 1. The minimum Gasteiger partial charge on any atom is -0.351 e. The first-order chi connectivity index (χ1) is 13.1. The molecule has 0 atom stereocenters. The van der Waals surface area contributed by atoms with E-state index in [0.29, 0.717) is 24.4 Å². The number of rotatable bonds is 7. The molecule has 3 rings (SSSR count). The van der Waals surface area contributed by atoms with Gasteiger partial charge in [-0.3, -0.25) is 14.9 Å². The third-order valence-electron chi connectivity index (χ3n) is 4.16. The highest BCUT2D eigenvalue weighted by atomic mass is 16.6. The van der Waals surface area contributed by atoms with E-state index in [1.54, 1.807) is 18.2 Å². The number of imidazole rings is 1. The van der Waals surface area contributed by atoms with Crippen molar-refractivity contribution in [3.63, 3.8) is 0 Å². The van der Waals surface area contributed by atoms with Crippen molar-refractivity contribution >= 4 is 22.6 Å². The van der Waals surface area contributed by atoms with E-state index < -0.39 is 4.92 Å². The van der Waals surface area contributed by atoms with E-state index in [-0.39, 0.29) is 24.6 Å². The predicted octanol–water partition coefficient (Wildman–Crippen LogP) is 2.72. The third kappa shape index (κ3) is 4.10. The molecule has 136 valence electrons. The summed E-state index contributed by atoms with van der Waals surface area (Å²) in [7, 11) is 0. The average Bonchev–Trinajstić information content (AvgIpc) is 3.01. The highest BCUT2D eigenvalue weighted by Crippen LogP contribution is 2.18. The van der Waals surface area contributed by atoms with E-state index >= 15 is 0 Å². The lowest BCUT2D eigenvalue weighted by Crippen LogP contribution is -2.26. The lowest BCUT2D eigenvalue weighted by atomic mass is 10.2.